The highest BCUT2D eigenvalue weighted by atomic mass is 16.6. The summed E-state index contributed by atoms with van der Waals surface area (Å²) in [5.41, 5.74) is 2.21. The van der Waals surface area contributed by atoms with Crippen molar-refractivity contribution in [2.75, 3.05) is 0 Å². The molecule has 0 amide bonds. The molecule has 1 N–H and O–H groups in total. The van der Waals surface area contributed by atoms with Gasteiger partial charge in [-0.3, -0.25) is 0 Å². The van der Waals surface area contributed by atoms with Crippen LogP contribution in [0.1, 0.15) is 24.5 Å². The topological polar surface area (TPSA) is 47.9 Å². The van der Waals surface area contributed by atoms with Crippen molar-refractivity contribution >= 4 is 0 Å². The summed E-state index contributed by atoms with van der Waals surface area (Å²) in [6, 6.07) is 20.0. The van der Waals surface area contributed by atoms with Crippen LogP contribution in [0, 0.1) is 0 Å². The quantitative estimate of drug-likeness (QED) is 0.884. The van der Waals surface area contributed by atoms with E-state index in [-0.39, 0.29) is 18.3 Å². The van der Waals surface area contributed by atoms with Crippen LogP contribution in [0.25, 0.3) is 0 Å². The van der Waals surface area contributed by atoms with Crippen molar-refractivity contribution in [2.24, 2.45) is 0 Å². The van der Waals surface area contributed by atoms with Gasteiger partial charge in [0.15, 0.2) is 6.29 Å². The first-order chi connectivity index (χ1) is 11.7. The molecule has 0 spiro atoms. The molecule has 0 bridgehead atoms. The number of benzene rings is 2. The maximum Gasteiger partial charge on any atom is 0.157 e. The molecule has 24 heavy (non-hydrogen) atoms. The summed E-state index contributed by atoms with van der Waals surface area (Å²) in [5.74, 6) is 0. The van der Waals surface area contributed by atoms with Crippen molar-refractivity contribution < 1.29 is 19.3 Å². The van der Waals surface area contributed by atoms with E-state index in [1.165, 1.54) is 0 Å². The fourth-order valence-electron chi connectivity index (χ4n) is 2.97. The highest BCUT2D eigenvalue weighted by Gasteiger charge is 2.37. The molecule has 0 aromatic heterocycles. The predicted octanol–water partition coefficient (Wildman–Crippen LogP) is 3.28. The Kier molecular flexibility index (Phi) is 5.99. The zero-order valence-corrected chi connectivity index (χ0v) is 13.9. The second kappa shape index (κ2) is 8.40. The van der Waals surface area contributed by atoms with Crippen molar-refractivity contribution in [3.63, 3.8) is 0 Å². The molecule has 1 aliphatic heterocycles. The Labute approximate surface area is 143 Å². The van der Waals surface area contributed by atoms with Crippen LogP contribution in [0.4, 0.5) is 0 Å². The third kappa shape index (κ3) is 4.65. The summed E-state index contributed by atoms with van der Waals surface area (Å²) in [6.07, 6.45) is -1.03. The van der Waals surface area contributed by atoms with Gasteiger partial charge in [-0.05, 0) is 18.1 Å². The van der Waals surface area contributed by atoms with Crippen LogP contribution >= 0.6 is 0 Å². The smallest absolute Gasteiger partial charge is 0.157 e. The molecule has 0 radical (unpaired) electrons. The minimum absolute atomic E-state index is 0.201. The Morgan fingerprint density at radius 1 is 0.917 bits per heavy atom. The molecule has 2 aromatic rings. The summed E-state index contributed by atoms with van der Waals surface area (Å²) < 4.78 is 17.6. The lowest BCUT2D eigenvalue weighted by molar-refractivity contribution is -0.251. The van der Waals surface area contributed by atoms with Gasteiger partial charge in [0.05, 0.1) is 25.4 Å². The predicted molar refractivity (Wildman–Crippen MR) is 91.2 cm³/mol. The van der Waals surface area contributed by atoms with Gasteiger partial charge in [-0.1, -0.05) is 60.7 Å². The molecule has 128 valence electrons. The van der Waals surface area contributed by atoms with Crippen molar-refractivity contribution in [1.29, 1.82) is 0 Å². The van der Waals surface area contributed by atoms with E-state index >= 15 is 0 Å². The lowest BCUT2D eigenvalue weighted by atomic mass is 10.0. The van der Waals surface area contributed by atoms with Crippen LogP contribution < -0.4 is 0 Å². The Balaban J connectivity index is 1.61. The van der Waals surface area contributed by atoms with Crippen molar-refractivity contribution in [1.82, 2.24) is 0 Å². The van der Waals surface area contributed by atoms with Gasteiger partial charge in [0.25, 0.3) is 0 Å². The number of ether oxygens (including phenoxy) is 3. The maximum atomic E-state index is 9.89. The number of hydrogen-bond acceptors (Lipinski definition) is 4. The van der Waals surface area contributed by atoms with Crippen LogP contribution in [-0.4, -0.2) is 29.7 Å². The monoisotopic (exact) mass is 328 g/mol. The summed E-state index contributed by atoms with van der Waals surface area (Å²) in [4.78, 5) is 0. The second-order valence-corrected chi connectivity index (χ2v) is 6.13. The first-order valence-electron chi connectivity index (χ1n) is 8.37. The van der Waals surface area contributed by atoms with Gasteiger partial charge in [-0.15, -0.1) is 0 Å². The molecule has 3 rings (SSSR count). The molecule has 0 unspecified atom stereocenters. The molecular formula is C20H24O4. The molecule has 4 heteroatoms. The van der Waals surface area contributed by atoms with Crippen LogP contribution in [0.2, 0.25) is 0 Å². The Morgan fingerprint density at radius 2 is 1.46 bits per heavy atom. The summed E-state index contributed by atoms with van der Waals surface area (Å²) in [6.45, 7) is 2.91. The van der Waals surface area contributed by atoms with Gasteiger partial charge in [-0.2, -0.15) is 0 Å². The van der Waals surface area contributed by atoms with E-state index in [1.807, 2.05) is 67.6 Å². The van der Waals surface area contributed by atoms with Gasteiger partial charge in [0, 0.05) is 6.42 Å². The molecular weight excluding hydrogens is 304 g/mol. The van der Waals surface area contributed by atoms with E-state index in [0.717, 1.165) is 11.1 Å². The molecule has 4 atom stereocenters. The summed E-state index contributed by atoms with van der Waals surface area (Å²) in [5, 5.41) is 9.89. The van der Waals surface area contributed by atoms with Gasteiger partial charge in [-0.25, -0.2) is 0 Å². The standard InChI is InChI=1S/C20H24O4/c1-15-20(23-14-17-10-6-3-7-11-17)18(12-19(21)24-15)22-13-16-8-4-2-5-9-16/h2-11,15,18-21H,12-14H2,1H3/t15-,18+,19-,20+/m1/s1. The number of hydrogen-bond donors (Lipinski definition) is 1. The average Bonchev–Trinajstić information content (AvgIpc) is 2.61. The molecule has 0 aliphatic carbocycles. The van der Waals surface area contributed by atoms with Gasteiger partial charge in [0.2, 0.25) is 0 Å². The highest BCUT2D eigenvalue weighted by molar-refractivity contribution is 5.14. The van der Waals surface area contributed by atoms with E-state index in [4.69, 9.17) is 14.2 Å². The van der Waals surface area contributed by atoms with Crippen molar-refractivity contribution in [2.45, 2.75) is 51.2 Å². The lowest BCUT2D eigenvalue weighted by Gasteiger charge is -2.38. The Hall–Kier alpha value is -1.72. The average molecular weight is 328 g/mol. The zero-order valence-electron chi connectivity index (χ0n) is 13.9. The van der Waals surface area contributed by atoms with Crippen LogP contribution in [0.5, 0.6) is 0 Å². The maximum absolute atomic E-state index is 9.89. The third-order valence-electron chi connectivity index (χ3n) is 4.23. The summed E-state index contributed by atoms with van der Waals surface area (Å²) in [7, 11) is 0. The molecule has 2 aromatic carbocycles. The minimum atomic E-state index is -0.808. The van der Waals surface area contributed by atoms with Crippen molar-refractivity contribution in [3.8, 4) is 0 Å². The van der Waals surface area contributed by atoms with Gasteiger partial charge in [0.1, 0.15) is 6.10 Å². The lowest BCUT2D eigenvalue weighted by Crippen LogP contribution is -2.49. The molecule has 1 saturated heterocycles. The summed E-state index contributed by atoms with van der Waals surface area (Å²) >= 11 is 0. The van der Waals surface area contributed by atoms with Crippen molar-refractivity contribution in [3.05, 3.63) is 71.8 Å². The molecule has 4 nitrogen and oxygen atoms in total. The molecule has 0 saturated carbocycles. The molecule has 1 fully saturated rings. The van der Waals surface area contributed by atoms with E-state index in [9.17, 15) is 5.11 Å². The van der Waals surface area contributed by atoms with E-state index in [0.29, 0.717) is 19.6 Å². The second-order valence-electron chi connectivity index (χ2n) is 6.13. The van der Waals surface area contributed by atoms with Crippen LogP contribution in [0.15, 0.2) is 60.7 Å². The first-order valence-corrected chi connectivity index (χ1v) is 8.37. The largest absolute Gasteiger partial charge is 0.371 e. The van der Waals surface area contributed by atoms with E-state index in [2.05, 4.69) is 0 Å². The molecule has 1 heterocycles. The number of rotatable bonds is 6. The normalized spacial score (nSPS) is 27.1. The zero-order chi connectivity index (χ0) is 16.8. The van der Waals surface area contributed by atoms with Crippen LogP contribution in [0.3, 0.4) is 0 Å². The first kappa shape index (κ1) is 17.1. The Morgan fingerprint density at radius 3 is 2.04 bits per heavy atom. The van der Waals surface area contributed by atoms with Crippen LogP contribution in [-0.2, 0) is 27.4 Å². The Bertz CT molecular complexity index is 602. The van der Waals surface area contributed by atoms with E-state index in [1.54, 1.807) is 0 Å². The fraction of sp³-hybridized carbons (Fsp3) is 0.400. The third-order valence-corrected chi connectivity index (χ3v) is 4.23. The fourth-order valence-corrected chi connectivity index (χ4v) is 2.97. The van der Waals surface area contributed by atoms with Gasteiger partial charge < -0.3 is 19.3 Å². The SMILES string of the molecule is C[C@H]1O[C@@H](O)C[C@H](OCc2ccccc2)[C@H]1OCc1ccccc1. The number of aliphatic hydroxyl groups excluding tert-OH is 1. The number of aliphatic hydroxyl groups is 1. The molecule has 1 aliphatic rings. The minimum Gasteiger partial charge on any atom is -0.371 e. The van der Waals surface area contributed by atoms with E-state index < -0.39 is 6.29 Å². The van der Waals surface area contributed by atoms with Gasteiger partial charge >= 0.3 is 0 Å². The highest BCUT2D eigenvalue weighted by Crippen LogP contribution is 2.26.